The van der Waals surface area contributed by atoms with Gasteiger partial charge in [0.2, 0.25) is 0 Å². The summed E-state index contributed by atoms with van der Waals surface area (Å²) in [6, 6.07) is 0. The fourth-order valence-electron chi connectivity index (χ4n) is 9.19. The van der Waals surface area contributed by atoms with E-state index < -0.39 is 35.0 Å². The van der Waals surface area contributed by atoms with Gasteiger partial charge >= 0.3 is 267 Å². The minimum absolute atomic E-state index is 0.0546. The van der Waals surface area contributed by atoms with Crippen LogP contribution in [0, 0.1) is 0 Å². The van der Waals surface area contributed by atoms with E-state index in [1.54, 1.807) is 3.59 Å². The Kier molecular flexibility index (Phi) is 20.2. The number of hydrogen-bond acceptors (Lipinski definition) is 4. The van der Waals surface area contributed by atoms with Crippen molar-refractivity contribution >= 4 is 35.0 Å². The summed E-state index contributed by atoms with van der Waals surface area (Å²) in [6.45, 7) is 45.1. The topological polar surface area (TPSA) is 40.2 Å². The molecule has 52 heavy (non-hydrogen) atoms. The van der Waals surface area contributed by atoms with E-state index in [1.807, 2.05) is 0 Å². The number of hydrogen-bond donors (Lipinski definition) is 0. The van der Waals surface area contributed by atoms with Gasteiger partial charge < -0.3 is 0 Å². The van der Waals surface area contributed by atoms with Gasteiger partial charge in [-0.1, -0.05) is 32.9 Å². The van der Waals surface area contributed by atoms with E-state index in [9.17, 15) is 0 Å². The first-order valence-electron chi connectivity index (χ1n) is 21.9. The van der Waals surface area contributed by atoms with E-state index >= 15 is 0 Å². The van der Waals surface area contributed by atoms with Crippen LogP contribution < -0.4 is 0 Å². The average Bonchev–Trinajstić information content (AvgIpc) is 3.77. The van der Waals surface area contributed by atoms with E-state index in [4.69, 9.17) is 24.9 Å². The van der Waals surface area contributed by atoms with Crippen LogP contribution in [0.5, 0.6) is 0 Å². The van der Waals surface area contributed by atoms with Crippen molar-refractivity contribution in [1.29, 1.82) is 0 Å². The number of rotatable bonds is 26. The van der Waals surface area contributed by atoms with Gasteiger partial charge in [0.1, 0.15) is 0 Å². The molecule has 0 unspecified atom stereocenters. The normalized spacial score (nSPS) is 23.1. The van der Waals surface area contributed by atoms with Crippen molar-refractivity contribution in [3.63, 3.8) is 0 Å². The van der Waals surface area contributed by atoms with Crippen molar-refractivity contribution in [3.8, 4) is 0 Å². The van der Waals surface area contributed by atoms with E-state index in [0.717, 1.165) is 32.1 Å². The molecule has 0 amide bonds. The Morgan fingerprint density at radius 1 is 0.885 bits per heavy atom. The Labute approximate surface area is 331 Å². The third-order valence-corrected chi connectivity index (χ3v) is 40.2. The number of ether oxygens (including phenoxy) is 2. The van der Waals surface area contributed by atoms with Crippen molar-refractivity contribution in [3.05, 3.63) is 34.5 Å². The third kappa shape index (κ3) is 12.9. The van der Waals surface area contributed by atoms with Crippen molar-refractivity contribution in [2.45, 2.75) is 245 Å². The molecule has 7 heteroatoms. The monoisotopic (exact) mass is 869 g/mol. The summed E-state index contributed by atoms with van der Waals surface area (Å²) in [5, 5.41) is 0.189. The minimum atomic E-state index is -2.68. The fraction of sp³-hybridized carbons (Fsp3) is 0.867. The Morgan fingerprint density at radius 2 is 1.40 bits per heavy atom. The summed E-state index contributed by atoms with van der Waals surface area (Å²) in [5.74, 6) is 0. The smallest absolute Gasteiger partial charge is 0.0916 e. The zero-order valence-electron chi connectivity index (χ0n) is 37.3. The van der Waals surface area contributed by atoms with Crippen LogP contribution in [0.1, 0.15) is 161 Å². The van der Waals surface area contributed by atoms with Crippen LogP contribution in [0.15, 0.2) is 34.5 Å². The Hall–Kier alpha value is 0.292. The number of allylic oxidation sites excluding steroid dienone is 1. The second-order valence-corrected chi connectivity index (χ2v) is 43.1. The van der Waals surface area contributed by atoms with Gasteiger partial charge in [0.25, 0.3) is 0 Å². The molecule has 0 N–H and O–H groups in total. The molecular weight excluding hydrogens is 779 g/mol. The van der Waals surface area contributed by atoms with Gasteiger partial charge in [-0.2, -0.15) is 0 Å². The molecule has 0 aliphatic carbocycles. The first-order chi connectivity index (χ1) is 24.3. The molecule has 0 bridgehead atoms. The summed E-state index contributed by atoms with van der Waals surface area (Å²) in [7, 11) is -4.03. The molecule has 2 heterocycles. The predicted molar refractivity (Wildman–Crippen MR) is 236 cm³/mol. The van der Waals surface area contributed by atoms with Gasteiger partial charge in [-0.25, -0.2) is 0 Å². The third-order valence-electron chi connectivity index (χ3n) is 13.5. The molecule has 0 aromatic rings. The number of unbranched alkanes of at least 4 members (excludes halogenated alkanes) is 3. The maximum atomic E-state index is 7.75. The first kappa shape index (κ1) is 48.4. The van der Waals surface area contributed by atoms with Gasteiger partial charge in [-0.05, 0) is 25.1 Å². The van der Waals surface area contributed by atoms with Crippen LogP contribution in [0.25, 0.3) is 0 Å². The van der Waals surface area contributed by atoms with Crippen LogP contribution in [-0.4, -0.2) is 71.6 Å². The minimum Gasteiger partial charge on any atom is -0.0916 e. The van der Waals surface area contributed by atoms with Crippen molar-refractivity contribution in [1.82, 2.24) is 0 Å². The molecule has 2 fully saturated rings. The molecule has 2 rings (SSSR count). The SMILES string of the molecule is C=C1C[C@@H]([C@@H]2O[C@@H]2[C@@H](C[C](=C)[Sn]([CH2]CCC)([CH2]CCC)[CH2]CCC)O[Si](C(C)C)(C(C)C)C(C)C)O[C@H]1CC[C@@H](C/C=C/C)O[Si](C)(C)C(C)(C)C. The quantitative estimate of drug-likeness (QED) is 0.0493. The first-order valence-corrected chi connectivity index (χ1v) is 34.4. The van der Waals surface area contributed by atoms with Crippen LogP contribution in [-0.2, 0) is 18.3 Å². The molecule has 2 aliphatic rings. The molecular formula is C45H88O4Si2Sn. The molecule has 2 saturated heterocycles. The molecule has 0 saturated carbocycles. The van der Waals surface area contributed by atoms with Gasteiger partial charge in [0.15, 0.2) is 8.32 Å². The van der Waals surface area contributed by atoms with Gasteiger partial charge in [-0.3, -0.25) is 0 Å². The van der Waals surface area contributed by atoms with Gasteiger partial charge in [-0.15, -0.1) is 0 Å². The van der Waals surface area contributed by atoms with Crippen molar-refractivity contribution < 1.29 is 18.3 Å². The van der Waals surface area contributed by atoms with Gasteiger partial charge in [0.05, 0.1) is 0 Å². The van der Waals surface area contributed by atoms with Gasteiger partial charge in [0, 0.05) is 0 Å². The van der Waals surface area contributed by atoms with Crippen LogP contribution in [0.4, 0.5) is 0 Å². The van der Waals surface area contributed by atoms with E-state index in [1.165, 1.54) is 57.4 Å². The number of epoxide rings is 1. The van der Waals surface area contributed by atoms with E-state index in [-0.39, 0.29) is 41.7 Å². The zero-order valence-corrected chi connectivity index (χ0v) is 42.2. The summed E-state index contributed by atoms with van der Waals surface area (Å²) >= 11 is -2.68. The fourth-order valence-corrected chi connectivity index (χ4v) is 32.0. The second-order valence-electron chi connectivity index (χ2n) is 19.3. The van der Waals surface area contributed by atoms with Crippen molar-refractivity contribution in [2.75, 3.05) is 0 Å². The second kappa shape index (κ2) is 21.7. The summed E-state index contributed by atoms with van der Waals surface area (Å²) < 4.78 is 34.3. The molecule has 304 valence electrons. The molecule has 2 aliphatic heterocycles. The molecule has 0 radical (unpaired) electrons. The summed E-state index contributed by atoms with van der Waals surface area (Å²) in [4.78, 5) is 0. The molecule has 0 spiro atoms. The Bertz CT molecular complexity index is 1070. The van der Waals surface area contributed by atoms with Crippen LogP contribution in [0.2, 0.25) is 48.1 Å². The standard InChI is InChI=1S/C33H61O4Si2.3C4H9.Sn/c1-15-17-19-27(36-38(13,14)33(10,11)12)20-21-28-26(9)22-30(34-28)32-31(35-32)29(18-16-2)37-39(23(3)4,24(5)6)25(7)8;3*1-3-4-2;/h15,17,23-25,27-32H,2,9,18-22H2,1,3-8,10-14H3;3*1,3-4H2,2H3;/b17-15+;;;;/t27-,28+,29-,30+,31-,32+;;;;/m1..../s1. The van der Waals surface area contributed by atoms with Crippen molar-refractivity contribution in [2.24, 2.45) is 0 Å². The Morgan fingerprint density at radius 3 is 1.85 bits per heavy atom. The Balaban J connectivity index is 2.35. The zero-order chi connectivity index (χ0) is 39.5. The summed E-state index contributed by atoms with van der Waals surface area (Å²) in [5.41, 5.74) is 2.82. The molecule has 4 nitrogen and oxygen atoms in total. The predicted octanol–water partition coefficient (Wildman–Crippen LogP) is 14.5. The molecule has 6 atom stereocenters. The van der Waals surface area contributed by atoms with Crippen LogP contribution >= 0.6 is 0 Å². The van der Waals surface area contributed by atoms with E-state index in [0.29, 0.717) is 16.6 Å². The van der Waals surface area contributed by atoms with Crippen LogP contribution in [0.3, 0.4) is 0 Å². The maximum absolute atomic E-state index is 7.75. The van der Waals surface area contributed by atoms with E-state index in [2.05, 4.69) is 122 Å². The molecule has 0 aromatic carbocycles. The molecule has 0 aromatic heterocycles. The summed E-state index contributed by atoms with van der Waals surface area (Å²) in [6.07, 6.45) is 17.7. The average molecular weight is 868 g/mol.